The largest absolute Gasteiger partial charge is 0.289 e. The monoisotopic (exact) mass is 590 g/mol. The van der Waals surface area contributed by atoms with Gasteiger partial charge in [-0.3, -0.25) is 28.0 Å². The molecule has 0 atom stereocenters. The van der Waals surface area contributed by atoms with Crippen molar-refractivity contribution in [2.24, 2.45) is 0 Å². The van der Waals surface area contributed by atoms with Gasteiger partial charge in [-0.05, 0) is 60.7 Å². The zero-order chi connectivity index (χ0) is 30.3. The van der Waals surface area contributed by atoms with Gasteiger partial charge < -0.3 is 0 Å². The maximum atomic E-state index is 14.6. The van der Waals surface area contributed by atoms with Gasteiger partial charge >= 0.3 is 0 Å². The summed E-state index contributed by atoms with van der Waals surface area (Å²) in [5.41, 5.74) is 2.73. The van der Waals surface area contributed by atoms with Gasteiger partial charge in [0.05, 0.1) is 22.1 Å². The summed E-state index contributed by atoms with van der Waals surface area (Å²) in [6.07, 6.45) is 0. The molecular formula is C38H14N4O4. The Labute approximate surface area is 253 Å². The molecule has 0 aliphatic heterocycles. The van der Waals surface area contributed by atoms with E-state index in [1.54, 1.807) is 33.1 Å². The zero-order valence-corrected chi connectivity index (χ0v) is 23.5. The summed E-state index contributed by atoms with van der Waals surface area (Å²) in [4.78, 5) is 67.0. The van der Waals surface area contributed by atoms with E-state index in [0.717, 1.165) is 0 Å². The van der Waals surface area contributed by atoms with Crippen LogP contribution in [0.25, 0.3) is 109 Å². The number of pyridine rings is 2. The Kier molecular flexibility index (Phi) is 3.52. The van der Waals surface area contributed by atoms with Crippen molar-refractivity contribution >= 4 is 109 Å². The van der Waals surface area contributed by atoms with E-state index in [1.807, 2.05) is 60.7 Å². The number of benzene rings is 8. The minimum absolute atomic E-state index is 0.202. The number of nitrogens with zero attached hydrogens (tertiary/aromatic N) is 4. The van der Waals surface area contributed by atoms with Gasteiger partial charge in [0.2, 0.25) is 0 Å². The molecule has 4 aromatic heterocycles. The first-order valence-corrected chi connectivity index (χ1v) is 14.9. The Morgan fingerprint density at radius 3 is 1.24 bits per heavy atom. The van der Waals surface area contributed by atoms with E-state index in [-0.39, 0.29) is 22.0 Å². The van der Waals surface area contributed by atoms with Crippen LogP contribution in [0.1, 0.15) is 0 Å². The number of para-hydroxylation sites is 4. The summed E-state index contributed by atoms with van der Waals surface area (Å²) in [5.74, 6) is 0. The maximum Gasteiger partial charge on any atom is 0.264 e. The molecule has 46 heavy (non-hydrogen) atoms. The predicted octanol–water partition coefficient (Wildman–Crippen LogP) is 5.99. The van der Waals surface area contributed by atoms with Gasteiger partial charge in [0.15, 0.2) is 10.9 Å². The molecule has 0 spiro atoms. The van der Waals surface area contributed by atoms with Crippen LogP contribution in [0, 0.1) is 0 Å². The smallest absolute Gasteiger partial charge is 0.264 e. The summed E-state index contributed by atoms with van der Waals surface area (Å²) < 4.78 is 3.20. The van der Waals surface area contributed by atoms with Crippen LogP contribution in [0.5, 0.6) is 0 Å². The highest BCUT2D eigenvalue weighted by molar-refractivity contribution is 6.43. The first kappa shape index (κ1) is 22.9. The fourth-order valence-electron chi connectivity index (χ4n) is 8.45. The predicted molar refractivity (Wildman–Crippen MR) is 183 cm³/mol. The molecule has 0 unspecified atom stereocenters. The first-order chi connectivity index (χ1) is 22.5. The van der Waals surface area contributed by atoms with Crippen molar-refractivity contribution < 1.29 is 0 Å². The summed E-state index contributed by atoms with van der Waals surface area (Å²) in [7, 11) is 0. The van der Waals surface area contributed by atoms with Crippen molar-refractivity contribution in [1.29, 1.82) is 0 Å². The minimum atomic E-state index is -0.231. The van der Waals surface area contributed by atoms with Crippen LogP contribution in [0.15, 0.2) is 104 Å². The van der Waals surface area contributed by atoms with Crippen molar-refractivity contribution in [3.05, 3.63) is 126 Å². The van der Waals surface area contributed by atoms with E-state index < -0.39 is 0 Å². The maximum absolute atomic E-state index is 14.6. The van der Waals surface area contributed by atoms with E-state index in [1.165, 1.54) is 0 Å². The molecule has 12 rings (SSSR count). The van der Waals surface area contributed by atoms with Gasteiger partial charge in [0.1, 0.15) is 11.3 Å². The summed E-state index contributed by atoms with van der Waals surface area (Å²) in [5, 5.41) is 7.64. The third-order valence-corrected chi connectivity index (χ3v) is 10.3. The van der Waals surface area contributed by atoms with E-state index in [4.69, 9.17) is 9.97 Å². The average Bonchev–Trinajstić information content (AvgIpc) is 3.67. The Balaban J connectivity index is 1.44. The molecule has 8 aromatic carbocycles. The molecule has 0 saturated carbocycles. The molecule has 8 nitrogen and oxygen atoms in total. The second-order valence-corrected chi connectivity index (χ2v) is 12.3. The Morgan fingerprint density at radius 1 is 0.391 bits per heavy atom. The lowest BCUT2D eigenvalue weighted by atomic mass is 9.83. The van der Waals surface area contributed by atoms with Gasteiger partial charge in [-0.25, -0.2) is 9.97 Å². The van der Waals surface area contributed by atoms with Crippen LogP contribution in [0.4, 0.5) is 0 Å². The number of imidazole rings is 2. The van der Waals surface area contributed by atoms with E-state index in [2.05, 4.69) is 0 Å². The number of hydrogen-bond donors (Lipinski definition) is 0. The van der Waals surface area contributed by atoms with Gasteiger partial charge in [0, 0.05) is 75.4 Å². The summed E-state index contributed by atoms with van der Waals surface area (Å²) >= 11 is 0. The lowest BCUT2D eigenvalue weighted by Gasteiger charge is -2.19. The summed E-state index contributed by atoms with van der Waals surface area (Å²) in [6, 6.07) is 25.4. The van der Waals surface area contributed by atoms with Gasteiger partial charge in [-0.1, -0.05) is 24.3 Å². The van der Waals surface area contributed by atoms with Crippen LogP contribution < -0.4 is 22.0 Å². The first-order valence-electron chi connectivity index (χ1n) is 14.9. The molecule has 0 aliphatic rings. The molecule has 0 saturated heterocycles. The molecule has 4 heterocycles. The second kappa shape index (κ2) is 7.06. The fourth-order valence-corrected chi connectivity index (χ4v) is 8.45. The normalized spacial score (nSPS) is 13.1. The highest BCUT2D eigenvalue weighted by Gasteiger charge is 2.28. The SMILES string of the molecule is O=c1c2ccc3c(=O)n4c5ccccc5nc4c4cc5c(=O)c6ccc7c(=O)n8c9ccccc9nc8c8cc1c(c6c78)c5c2c34. The molecule has 0 N–H and O–H groups in total. The molecule has 0 radical (unpaired) electrons. The highest BCUT2D eigenvalue weighted by atomic mass is 16.1. The molecule has 0 fully saturated rings. The van der Waals surface area contributed by atoms with Crippen molar-refractivity contribution in [3.63, 3.8) is 0 Å². The summed E-state index contributed by atoms with van der Waals surface area (Å²) in [6.45, 7) is 0. The Hall–Kier alpha value is -6.54. The van der Waals surface area contributed by atoms with Crippen molar-refractivity contribution in [1.82, 2.24) is 18.8 Å². The highest BCUT2D eigenvalue weighted by Crippen LogP contribution is 2.45. The second-order valence-electron chi connectivity index (χ2n) is 12.3. The van der Waals surface area contributed by atoms with E-state index in [0.29, 0.717) is 109 Å². The molecule has 210 valence electrons. The zero-order valence-electron chi connectivity index (χ0n) is 23.5. The van der Waals surface area contributed by atoms with Crippen molar-refractivity contribution in [2.45, 2.75) is 0 Å². The van der Waals surface area contributed by atoms with Gasteiger partial charge in [-0.15, -0.1) is 0 Å². The topological polar surface area (TPSA) is 103 Å². The van der Waals surface area contributed by atoms with Crippen LogP contribution in [-0.2, 0) is 0 Å². The Bertz CT molecular complexity index is 3380. The molecule has 0 aliphatic carbocycles. The molecule has 0 amide bonds. The number of aromatic nitrogens is 4. The number of hydrogen-bond acceptors (Lipinski definition) is 6. The van der Waals surface area contributed by atoms with Gasteiger partial charge in [-0.2, -0.15) is 0 Å². The van der Waals surface area contributed by atoms with Crippen LogP contribution in [0.3, 0.4) is 0 Å². The quantitative estimate of drug-likeness (QED) is 0.159. The van der Waals surface area contributed by atoms with Crippen molar-refractivity contribution in [2.75, 3.05) is 0 Å². The van der Waals surface area contributed by atoms with Crippen LogP contribution in [-0.4, -0.2) is 18.8 Å². The lowest BCUT2D eigenvalue weighted by Crippen LogP contribution is -2.17. The van der Waals surface area contributed by atoms with Gasteiger partial charge in [0.25, 0.3) is 11.1 Å². The van der Waals surface area contributed by atoms with Crippen LogP contribution >= 0.6 is 0 Å². The minimum Gasteiger partial charge on any atom is -0.289 e. The molecular weight excluding hydrogens is 576 g/mol. The molecule has 0 bridgehead atoms. The molecule has 8 heteroatoms. The average molecular weight is 591 g/mol. The third kappa shape index (κ3) is 2.23. The number of fused-ring (bicyclic) bond motifs is 8. The standard InChI is InChI=1S/C38H14N4O4/c43-33-16-10-12-18-28-22(36-40-24-6-2-4-8-26(24)42(36)38(18)46)14-20-32(30(16)28)31-19(33)13-21-27-17(11-9-15(29(27)31)34(20)44)37(45)41-25-7-3-1-5-23(25)39-35(21)41/h1-14H. The Morgan fingerprint density at radius 2 is 0.783 bits per heavy atom. The van der Waals surface area contributed by atoms with Crippen LogP contribution in [0.2, 0.25) is 0 Å². The molecule has 12 aromatic rings. The lowest BCUT2D eigenvalue weighted by molar-refractivity contribution is 1.19. The van der Waals surface area contributed by atoms with E-state index >= 15 is 0 Å². The van der Waals surface area contributed by atoms with Crippen molar-refractivity contribution in [3.8, 4) is 0 Å². The number of rotatable bonds is 0. The fraction of sp³-hybridized carbons (Fsp3) is 0. The third-order valence-electron chi connectivity index (χ3n) is 10.3. The van der Waals surface area contributed by atoms with E-state index in [9.17, 15) is 19.2 Å².